The number of halogens is 1. The molecule has 11 heavy (non-hydrogen) atoms. The minimum absolute atomic E-state index is 0.586. The van der Waals surface area contributed by atoms with Gasteiger partial charge in [-0.3, -0.25) is 0 Å². The van der Waals surface area contributed by atoms with Gasteiger partial charge in [0.2, 0.25) is 0 Å². The van der Waals surface area contributed by atoms with Crippen LogP contribution < -0.4 is 5.32 Å². The molecule has 0 aromatic rings. The van der Waals surface area contributed by atoms with Crippen LogP contribution in [0.1, 0.15) is 26.2 Å². The van der Waals surface area contributed by atoms with Crippen molar-refractivity contribution in [1.82, 2.24) is 5.32 Å². The van der Waals surface area contributed by atoms with E-state index >= 15 is 0 Å². The highest BCUT2D eigenvalue weighted by Gasteiger charge is 2.30. The lowest BCUT2D eigenvalue weighted by Gasteiger charge is -2.23. The second-order valence-electron chi connectivity index (χ2n) is 3.35. The molecule has 1 nitrogen and oxygen atoms in total. The largest absolute Gasteiger partial charge is 0.317 e. The van der Waals surface area contributed by atoms with Gasteiger partial charge in [0.15, 0.2) is 0 Å². The first-order chi connectivity index (χ1) is 5.15. The summed E-state index contributed by atoms with van der Waals surface area (Å²) in [5, 5.41) is 3.18. The lowest BCUT2D eigenvalue weighted by atomic mass is 9.90. The fourth-order valence-electron chi connectivity index (χ4n) is 1.46. The van der Waals surface area contributed by atoms with Crippen molar-refractivity contribution in [2.24, 2.45) is 0 Å². The zero-order chi connectivity index (χ0) is 8.32. The second-order valence-corrected chi connectivity index (χ2v) is 3.35. The third kappa shape index (κ3) is 2.03. The summed E-state index contributed by atoms with van der Waals surface area (Å²) in [6.07, 6.45) is 2.14. The van der Waals surface area contributed by atoms with Crippen molar-refractivity contribution in [3.63, 3.8) is 0 Å². The minimum Gasteiger partial charge on any atom is -0.317 e. The molecule has 0 radical (unpaired) electrons. The molecule has 0 aromatic carbocycles. The van der Waals surface area contributed by atoms with E-state index in [9.17, 15) is 4.39 Å². The molecule has 0 aliphatic carbocycles. The van der Waals surface area contributed by atoms with E-state index < -0.39 is 5.67 Å². The van der Waals surface area contributed by atoms with Gasteiger partial charge in [0.25, 0.3) is 0 Å². The number of hydrogen-bond donors (Lipinski definition) is 1. The van der Waals surface area contributed by atoms with Crippen LogP contribution in [0.4, 0.5) is 4.39 Å². The lowest BCUT2D eigenvalue weighted by Crippen LogP contribution is -2.25. The van der Waals surface area contributed by atoms with Gasteiger partial charge in [0.05, 0.1) is 0 Å². The van der Waals surface area contributed by atoms with Crippen LogP contribution in [0.5, 0.6) is 0 Å². The Morgan fingerprint density at radius 2 is 2.18 bits per heavy atom. The van der Waals surface area contributed by atoms with Crippen LogP contribution in [0.3, 0.4) is 0 Å². The molecular weight excluding hydrogens is 141 g/mol. The zero-order valence-electron chi connectivity index (χ0n) is 7.12. The van der Waals surface area contributed by atoms with Crippen LogP contribution in [0.25, 0.3) is 0 Å². The number of allylic oxidation sites excluding steroid dienone is 1. The predicted molar refractivity (Wildman–Crippen MR) is 45.4 cm³/mol. The van der Waals surface area contributed by atoms with Crippen molar-refractivity contribution in [3.8, 4) is 0 Å². The summed E-state index contributed by atoms with van der Waals surface area (Å²) in [5.41, 5.74) is -0.412. The molecule has 1 heterocycles. The van der Waals surface area contributed by atoms with Crippen molar-refractivity contribution in [3.05, 3.63) is 12.2 Å². The van der Waals surface area contributed by atoms with Crippen molar-refractivity contribution >= 4 is 0 Å². The molecule has 1 fully saturated rings. The summed E-state index contributed by atoms with van der Waals surface area (Å²) in [6.45, 7) is 7.20. The highest BCUT2D eigenvalue weighted by molar-refractivity contribution is 5.10. The van der Waals surface area contributed by atoms with Gasteiger partial charge in [-0.05, 0) is 44.8 Å². The molecule has 1 aliphatic heterocycles. The van der Waals surface area contributed by atoms with Gasteiger partial charge in [-0.25, -0.2) is 4.39 Å². The molecule has 1 N–H and O–H groups in total. The maximum atomic E-state index is 13.8. The van der Waals surface area contributed by atoms with Gasteiger partial charge in [-0.1, -0.05) is 6.58 Å². The van der Waals surface area contributed by atoms with Gasteiger partial charge < -0.3 is 5.32 Å². The van der Waals surface area contributed by atoms with Gasteiger partial charge >= 0.3 is 0 Å². The predicted octanol–water partition coefficient (Wildman–Crippen LogP) is 2.04. The summed E-state index contributed by atoms with van der Waals surface area (Å²) < 4.78 is 13.8. The molecule has 0 aromatic heterocycles. The topological polar surface area (TPSA) is 12.0 Å². The Balaban J connectivity index is 2.59. The maximum Gasteiger partial charge on any atom is 0.132 e. The monoisotopic (exact) mass is 157 g/mol. The molecule has 2 heteroatoms. The molecule has 1 atom stereocenters. The Labute approximate surface area is 67.7 Å². The Kier molecular flexibility index (Phi) is 2.66. The molecule has 1 aliphatic rings. The highest BCUT2D eigenvalue weighted by Crippen LogP contribution is 2.30. The van der Waals surface area contributed by atoms with Crippen LogP contribution in [0.2, 0.25) is 0 Å². The van der Waals surface area contributed by atoms with E-state index in [1.54, 1.807) is 6.92 Å². The van der Waals surface area contributed by atoms with Crippen molar-refractivity contribution in [2.75, 3.05) is 13.1 Å². The number of hydrogen-bond acceptors (Lipinski definition) is 1. The molecule has 1 unspecified atom stereocenters. The average Bonchev–Trinajstić information content (AvgIpc) is 2.15. The van der Waals surface area contributed by atoms with Crippen LogP contribution in [-0.4, -0.2) is 18.8 Å². The summed E-state index contributed by atoms with van der Waals surface area (Å²) >= 11 is 0. The molecule has 0 saturated carbocycles. The van der Waals surface area contributed by atoms with E-state index in [2.05, 4.69) is 11.9 Å². The van der Waals surface area contributed by atoms with Crippen LogP contribution in [-0.2, 0) is 0 Å². The van der Waals surface area contributed by atoms with E-state index in [1.807, 2.05) is 0 Å². The summed E-state index contributed by atoms with van der Waals surface area (Å²) in [7, 11) is 0. The Bertz CT molecular complexity index is 146. The number of alkyl halides is 1. The van der Waals surface area contributed by atoms with E-state index in [4.69, 9.17) is 0 Å². The van der Waals surface area contributed by atoms with Crippen molar-refractivity contribution < 1.29 is 4.39 Å². The van der Waals surface area contributed by atoms with E-state index in [-0.39, 0.29) is 0 Å². The molecular formula is C9H16FN. The second kappa shape index (κ2) is 3.35. The van der Waals surface area contributed by atoms with Crippen molar-refractivity contribution in [1.29, 1.82) is 0 Å². The van der Waals surface area contributed by atoms with E-state index in [0.717, 1.165) is 19.5 Å². The molecule has 1 saturated heterocycles. The molecule has 1 rings (SSSR count). The average molecular weight is 157 g/mol. The standard InChI is InChI=1S/C9H16FN/c1-8(2)9(10)4-3-6-11-7-5-9/h11H,1,3-7H2,2H3. The molecule has 0 spiro atoms. The first kappa shape index (κ1) is 8.72. The summed E-state index contributed by atoms with van der Waals surface area (Å²) in [4.78, 5) is 0. The minimum atomic E-state index is -1.09. The smallest absolute Gasteiger partial charge is 0.132 e. The van der Waals surface area contributed by atoms with E-state index in [1.165, 1.54) is 0 Å². The third-order valence-corrected chi connectivity index (χ3v) is 2.39. The fraction of sp³-hybridized carbons (Fsp3) is 0.778. The molecule has 64 valence electrons. The van der Waals surface area contributed by atoms with Crippen LogP contribution in [0, 0.1) is 0 Å². The fourth-order valence-corrected chi connectivity index (χ4v) is 1.46. The van der Waals surface area contributed by atoms with Gasteiger partial charge in [0.1, 0.15) is 5.67 Å². The van der Waals surface area contributed by atoms with Gasteiger partial charge in [-0.15, -0.1) is 0 Å². The maximum absolute atomic E-state index is 13.8. The SMILES string of the molecule is C=C(C)C1(F)CCCNCC1. The van der Waals surface area contributed by atoms with Gasteiger partial charge in [-0.2, -0.15) is 0 Å². The highest BCUT2D eigenvalue weighted by atomic mass is 19.1. The first-order valence-electron chi connectivity index (χ1n) is 4.21. The van der Waals surface area contributed by atoms with Gasteiger partial charge in [0, 0.05) is 0 Å². The third-order valence-electron chi connectivity index (χ3n) is 2.39. The molecule has 0 amide bonds. The normalized spacial score (nSPS) is 32.9. The number of rotatable bonds is 1. The zero-order valence-corrected chi connectivity index (χ0v) is 7.12. The summed E-state index contributed by atoms with van der Waals surface area (Å²) in [6, 6.07) is 0. The lowest BCUT2D eigenvalue weighted by molar-refractivity contribution is 0.192. The Morgan fingerprint density at radius 3 is 2.82 bits per heavy atom. The molecule has 0 bridgehead atoms. The Morgan fingerprint density at radius 1 is 1.45 bits per heavy atom. The quantitative estimate of drug-likeness (QED) is 0.574. The first-order valence-corrected chi connectivity index (χ1v) is 4.21. The summed E-state index contributed by atoms with van der Waals surface area (Å²) in [5.74, 6) is 0. The van der Waals surface area contributed by atoms with Crippen LogP contribution >= 0.6 is 0 Å². The number of nitrogens with one attached hydrogen (secondary N) is 1. The van der Waals surface area contributed by atoms with Crippen LogP contribution in [0.15, 0.2) is 12.2 Å². The van der Waals surface area contributed by atoms with E-state index in [0.29, 0.717) is 18.4 Å². The van der Waals surface area contributed by atoms with Crippen molar-refractivity contribution in [2.45, 2.75) is 31.9 Å². The Hall–Kier alpha value is -0.370.